The van der Waals surface area contributed by atoms with Crippen LogP contribution in [0, 0.1) is 11.3 Å². The Morgan fingerprint density at radius 3 is 2.00 bits per heavy atom. The van der Waals surface area contributed by atoms with Crippen molar-refractivity contribution in [1.29, 1.82) is 5.26 Å². The normalized spacial score (nSPS) is 12.8. The zero-order valence-corrected chi connectivity index (χ0v) is 20.8. The maximum absolute atomic E-state index is 13.0. The van der Waals surface area contributed by atoms with Crippen LogP contribution in [0.3, 0.4) is 0 Å². The first-order chi connectivity index (χ1) is 16.7. The fourth-order valence-electron chi connectivity index (χ4n) is 3.97. The van der Waals surface area contributed by atoms with E-state index < -0.39 is 6.04 Å². The molecule has 5 nitrogen and oxygen atoms in total. The summed E-state index contributed by atoms with van der Waals surface area (Å²) in [7, 11) is 0. The first-order valence-corrected chi connectivity index (χ1v) is 11.9. The second kappa shape index (κ2) is 11.5. The minimum Gasteiger partial charge on any atom is -0.341 e. The summed E-state index contributed by atoms with van der Waals surface area (Å²) in [6, 6.07) is 26.8. The van der Waals surface area contributed by atoms with Gasteiger partial charge in [0, 0.05) is 5.56 Å². The van der Waals surface area contributed by atoms with Gasteiger partial charge in [-0.15, -0.1) is 0 Å². The van der Waals surface area contributed by atoms with Gasteiger partial charge in [-0.2, -0.15) is 5.26 Å². The van der Waals surface area contributed by atoms with E-state index in [0.717, 1.165) is 16.7 Å². The molecule has 0 aromatic heterocycles. The summed E-state index contributed by atoms with van der Waals surface area (Å²) in [5.74, 6) is -0.636. The summed E-state index contributed by atoms with van der Waals surface area (Å²) < 4.78 is 0. The van der Waals surface area contributed by atoms with Gasteiger partial charge >= 0.3 is 0 Å². The molecule has 0 spiro atoms. The lowest BCUT2D eigenvalue weighted by Crippen LogP contribution is -2.47. The van der Waals surface area contributed by atoms with E-state index >= 15 is 0 Å². The van der Waals surface area contributed by atoms with E-state index in [1.165, 1.54) is 5.56 Å². The van der Waals surface area contributed by atoms with Gasteiger partial charge in [0.05, 0.1) is 6.07 Å². The van der Waals surface area contributed by atoms with Gasteiger partial charge in [0.15, 0.2) is 0 Å². The van der Waals surface area contributed by atoms with Gasteiger partial charge in [0.25, 0.3) is 5.91 Å². The molecule has 2 amide bonds. The standard InChI is InChI=1S/C30H33N3O2/c1-21(22-8-6-5-7-9-22)20-27(29(35)32-19-18-31)33-28(34)25-12-10-23(11-13-25)24-14-16-26(17-15-24)30(2,3)4/h5-17,21,27H,19-20H2,1-4H3,(H,32,35)(H,33,34)/t21-,27?/m1/s1. The van der Waals surface area contributed by atoms with E-state index in [1.54, 1.807) is 12.1 Å². The first-order valence-electron chi connectivity index (χ1n) is 11.9. The number of amides is 2. The second-order valence-corrected chi connectivity index (χ2v) is 9.85. The van der Waals surface area contributed by atoms with Crippen LogP contribution in [0.5, 0.6) is 0 Å². The lowest BCUT2D eigenvalue weighted by molar-refractivity contribution is -0.123. The number of nitriles is 1. The Labute approximate surface area is 208 Å². The molecule has 3 aromatic carbocycles. The maximum Gasteiger partial charge on any atom is 0.251 e. The Balaban J connectivity index is 1.72. The minimum absolute atomic E-state index is 0.0489. The molecule has 0 radical (unpaired) electrons. The second-order valence-electron chi connectivity index (χ2n) is 9.85. The summed E-state index contributed by atoms with van der Waals surface area (Å²) in [6.45, 7) is 8.47. The Morgan fingerprint density at radius 2 is 1.46 bits per heavy atom. The molecule has 0 saturated carbocycles. The van der Waals surface area contributed by atoms with Crippen molar-refractivity contribution in [2.75, 3.05) is 6.54 Å². The van der Waals surface area contributed by atoms with Crippen molar-refractivity contribution < 1.29 is 9.59 Å². The van der Waals surface area contributed by atoms with Crippen molar-refractivity contribution in [3.63, 3.8) is 0 Å². The molecule has 2 atom stereocenters. The SMILES string of the molecule is C[C@H](CC(NC(=O)c1ccc(-c2ccc(C(C)(C)C)cc2)cc1)C(=O)NCC#N)c1ccccc1. The third kappa shape index (κ3) is 7.04. The maximum atomic E-state index is 13.0. The third-order valence-electron chi connectivity index (χ3n) is 6.15. The highest BCUT2D eigenvalue weighted by Crippen LogP contribution is 2.26. The van der Waals surface area contributed by atoms with E-state index in [1.807, 2.05) is 55.5 Å². The molecule has 0 aliphatic carbocycles. The van der Waals surface area contributed by atoms with Crippen molar-refractivity contribution in [1.82, 2.24) is 10.6 Å². The molecule has 3 aromatic rings. The van der Waals surface area contributed by atoms with Crippen LogP contribution in [0.4, 0.5) is 0 Å². The number of hydrogen-bond acceptors (Lipinski definition) is 3. The molecule has 35 heavy (non-hydrogen) atoms. The average molecular weight is 468 g/mol. The van der Waals surface area contributed by atoms with Crippen LogP contribution >= 0.6 is 0 Å². The molecule has 0 aliphatic rings. The van der Waals surface area contributed by atoms with Crippen molar-refractivity contribution in [3.8, 4) is 17.2 Å². The van der Waals surface area contributed by atoms with E-state index in [-0.39, 0.29) is 29.7 Å². The van der Waals surface area contributed by atoms with Gasteiger partial charge in [-0.25, -0.2) is 0 Å². The summed E-state index contributed by atoms with van der Waals surface area (Å²) in [4.78, 5) is 25.7. The number of rotatable bonds is 8. The van der Waals surface area contributed by atoms with Crippen molar-refractivity contribution in [2.45, 2.75) is 51.5 Å². The summed E-state index contributed by atoms with van der Waals surface area (Å²) in [6.07, 6.45) is 0.422. The first kappa shape index (κ1) is 25.7. The van der Waals surface area contributed by atoms with E-state index in [9.17, 15) is 9.59 Å². The zero-order chi connectivity index (χ0) is 25.4. The monoisotopic (exact) mass is 467 g/mol. The topological polar surface area (TPSA) is 82.0 Å². The van der Waals surface area contributed by atoms with Crippen LogP contribution in [0.25, 0.3) is 11.1 Å². The number of benzene rings is 3. The zero-order valence-electron chi connectivity index (χ0n) is 20.8. The fourth-order valence-corrected chi connectivity index (χ4v) is 3.97. The van der Waals surface area contributed by atoms with Crippen molar-refractivity contribution in [3.05, 3.63) is 95.6 Å². The highest BCUT2D eigenvalue weighted by molar-refractivity contribution is 5.98. The number of carbonyl (C=O) groups excluding carboxylic acids is 2. The molecule has 180 valence electrons. The third-order valence-corrected chi connectivity index (χ3v) is 6.15. The molecule has 0 fully saturated rings. The molecule has 0 bridgehead atoms. The van der Waals surface area contributed by atoms with Crippen LogP contribution < -0.4 is 10.6 Å². The quantitative estimate of drug-likeness (QED) is 0.424. The predicted molar refractivity (Wildman–Crippen MR) is 140 cm³/mol. The number of carbonyl (C=O) groups is 2. The van der Waals surface area contributed by atoms with Crippen molar-refractivity contribution >= 4 is 11.8 Å². The number of nitrogens with zero attached hydrogens (tertiary/aromatic N) is 1. The molecule has 0 heterocycles. The van der Waals surface area contributed by atoms with Gasteiger partial charge in [0.1, 0.15) is 12.6 Å². The molecule has 0 aliphatic heterocycles. The van der Waals surface area contributed by atoms with Crippen LogP contribution in [-0.4, -0.2) is 24.4 Å². The van der Waals surface area contributed by atoms with Gasteiger partial charge in [-0.1, -0.05) is 94.4 Å². The van der Waals surface area contributed by atoms with E-state index in [4.69, 9.17) is 5.26 Å². The van der Waals surface area contributed by atoms with Crippen LogP contribution in [0.1, 0.15) is 61.5 Å². The molecule has 3 rings (SSSR count). The average Bonchev–Trinajstić information content (AvgIpc) is 2.87. The summed E-state index contributed by atoms with van der Waals surface area (Å²) in [5.41, 5.74) is 5.02. The lowest BCUT2D eigenvalue weighted by atomic mass is 9.86. The van der Waals surface area contributed by atoms with Gasteiger partial charge in [0.2, 0.25) is 5.91 Å². The largest absolute Gasteiger partial charge is 0.341 e. The smallest absolute Gasteiger partial charge is 0.251 e. The van der Waals surface area contributed by atoms with Crippen LogP contribution in [0.15, 0.2) is 78.9 Å². The highest BCUT2D eigenvalue weighted by Gasteiger charge is 2.24. The Bertz CT molecular complexity index is 1170. The van der Waals surface area contributed by atoms with Crippen LogP contribution in [-0.2, 0) is 10.2 Å². The van der Waals surface area contributed by atoms with Crippen molar-refractivity contribution in [2.24, 2.45) is 0 Å². The summed E-state index contributed by atoms with van der Waals surface area (Å²) >= 11 is 0. The fraction of sp³-hybridized carbons (Fsp3) is 0.300. The molecular formula is C30H33N3O2. The van der Waals surface area contributed by atoms with E-state index in [2.05, 4.69) is 55.7 Å². The van der Waals surface area contributed by atoms with Gasteiger partial charge in [-0.3, -0.25) is 9.59 Å². The predicted octanol–water partition coefficient (Wildman–Crippen LogP) is 5.58. The minimum atomic E-state index is -0.754. The Morgan fingerprint density at radius 1 is 0.886 bits per heavy atom. The Hall–Kier alpha value is -3.91. The number of hydrogen-bond donors (Lipinski definition) is 2. The molecule has 1 unspecified atom stereocenters. The van der Waals surface area contributed by atoms with Gasteiger partial charge < -0.3 is 10.6 Å². The van der Waals surface area contributed by atoms with Crippen LogP contribution in [0.2, 0.25) is 0 Å². The molecular weight excluding hydrogens is 434 g/mol. The van der Waals surface area contributed by atoms with E-state index in [0.29, 0.717) is 12.0 Å². The molecule has 5 heteroatoms. The Kier molecular flexibility index (Phi) is 8.43. The molecule has 2 N–H and O–H groups in total. The highest BCUT2D eigenvalue weighted by atomic mass is 16.2. The lowest BCUT2D eigenvalue weighted by Gasteiger charge is -2.22. The van der Waals surface area contributed by atoms with Gasteiger partial charge in [-0.05, 0) is 52.1 Å². The number of nitrogens with one attached hydrogen (secondary N) is 2. The summed E-state index contributed by atoms with van der Waals surface area (Å²) in [5, 5.41) is 14.3. The molecule has 0 saturated heterocycles.